The van der Waals surface area contributed by atoms with Crippen LogP contribution in [0.5, 0.6) is 11.5 Å². The Balaban J connectivity index is 2.19. The summed E-state index contributed by atoms with van der Waals surface area (Å²) >= 11 is 0. The second-order valence-electron chi connectivity index (χ2n) is 7.90. The highest BCUT2D eigenvalue weighted by Gasteiger charge is 2.31. The molecule has 1 aromatic rings. The predicted molar refractivity (Wildman–Crippen MR) is 98.3 cm³/mol. The minimum Gasteiger partial charge on any atom is -0.490 e. The van der Waals surface area contributed by atoms with Crippen molar-refractivity contribution in [3.63, 3.8) is 0 Å². The molecule has 1 aliphatic heterocycles. The zero-order chi connectivity index (χ0) is 18.1. The van der Waals surface area contributed by atoms with Gasteiger partial charge < -0.3 is 19.9 Å². The summed E-state index contributed by atoms with van der Waals surface area (Å²) in [5.74, 6) is 1.92. The quantitative estimate of drug-likeness (QED) is 0.836. The first-order chi connectivity index (χ1) is 11.1. The molecule has 0 fully saturated rings. The fourth-order valence-electron chi connectivity index (χ4n) is 3.17. The summed E-state index contributed by atoms with van der Waals surface area (Å²) < 4.78 is 12.3. The zero-order valence-electron chi connectivity index (χ0n) is 16.2. The third-order valence-corrected chi connectivity index (χ3v) is 4.85. The standard InChI is InChI=1S/C20H33NO3/c1-12(2)21-10-16(22)11-23-18-13(3)14(4)19-17(15(18)5)8-9-20(6,7)24-19/h12,16,21-22H,8-11H2,1-7H3. The van der Waals surface area contributed by atoms with E-state index in [4.69, 9.17) is 9.47 Å². The molecule has 1 heterocycles. The van der Waals surface area contributed by atoms with Gasteiger partial charge in [-0.2, -0.15) is 0 Å². The molecule has 1 aromatic carbocycles. The average molecular weight is 335 g/mol. The molecular weight excluding hydrogens is 302 g/mol. The van der Waals surface area contributed by atoms with E-state index in [-0.39, 0.29) is 5.60 Å². The van der Waals surface area contributed by atoms with Crippen LogP contribution >= 0.6 is 0 Å². The number of hydrogen-bond donors (Lipinski definition) is 2. The number of aliphatic hydroxyl groups is 1. The highest BCUT2D eigenvalue weighted by Crippen LogP contribution is 2.43. The van der Waals surface area contributed by atoms with E-state index in [1.165, 1.54) is 5.56 Å². The van der Waals surface area contributed by atoms with Gasteiger partial charge in [0.1, 0.15) is 29.8 Å². The molecule has 1 unspecified atom stereocenters. The number of ether oxygens (including phenoxy) is 2. The Morgan fingerprint density at radius 3 is 2.46 bits per heavy atom. The van der Waals surface area contributed by atoms with Crippen LogP contribution in [0.3, 0.4) is 0 Å². The van der Waals surface area contributed by atoms with Crippen LogP contribution in [0.2, 0.25) is 0 Å². The monoisotopic (exact) mass is 335 g/mol. The van der Waals surface area contributed by atoms with E-state index >= 15 is 0 Å². The maximum atomic E-state index is 10.1. The third kappa shape index (κ3) is 4.22. The molecule has 0 saturated heterocycles. The fraction of sp³-hybridized carbons (Fsp3) is 0.700. The van der Waals surface area contributed by atoms with Crippen molar-refractivity contribution in [3.05, 3.63) is 22.3 Å². The predicted octanol–water partition coefficient (Wildman–Crippen LogP) is 3.45. The fourth-order valence-corrected chi connectivity index (χ4v) is 3.17. The summed E-state index contributed by atoms with van der Waals surface area (Å²) in [5.41, 5.74) is 4.54. The van der Waals surface area contributed by atoms with Crippen molar-refractivity contribution in [3.8, 4) is 11.5 Å². The number of fused-ring (bicyclic) bond motifs is 1. The van der Waals surface area contributed by atoms with Gasteiger partial charge in [-0.1, -0.05) is 13.8 Å². The van der Waals surface area contributed by atoms with Gasteiger partial charge in [0.05, 0.1) is 0 Å². The first-order valence-electron chi connectivity index (χ1n) is 8.98. The van der Waals surface area contributed by atoms with Gasteiger partial charge in [0.2, 0.25) is 0 Å². The maximum Gasteiger partial charge on any atom is 0.127 e. The summed E-state index contributed by atoms with van der Waals surface area (Å²) in [4.78, 5) is 0. The Morgan fingerprint density at radius 1 is 1.17 bits per heavy atom. The van der Waals surface area contributed by atoms with Crippen LogP contribution in [0.4, 0.5) is 0 Å². The Morgan fingerprint density at radius 2 is 1.83 bits per heavy atom. The van der Waals surface area contributed by atoms with Crippen molar-refractivity contribution in [2.24, 2.45) is 0 Å². The van der Waals surface area contributed by atoms with Crippen molar-refractivity contribution in [1.29, 1.82) is 0 Å². The van der Waals surface area contributed by atoms with E-state index < -0.39 is 6.10 Å². The van der Waals surface area contributed by atoms with Crippen LogP contribution in [0.25, 0.3) is 0 Å². The molecule has 0 amide bonds. The highest BCUT2D eigenvalue weighted by atomic mass is 16.5. The summed E-state index contributed by atoms with van der Waals surface area (Å²) in [6.07, 6.45) is 1.49. The van der Waals surface area contributed by atoms with Crippen molar-refractivity contribution in [2.45, 2.75) is 79.1 Å². The molecule has 24 heavy (non-hydrogen) atoms. The lowest BCUT2D eigenvalue weighted by Gasteiger charge is -2.35. The number of nitrogens with one attached hydrogen (secondary N) is 1. The van der Waals surface area contributed by atoms with Gasteiger partial charge in [0, 0.05) is 18.2 Å². The highest BCUT2D eigenvalue weighted by molar-refractivity contribution is 5.58. The van der Waals surface area contributed by atoms with E-state index in [9.17, 15) is 5.11 Å². The second-order valence-corrected chi connectivity index (χ2v) is 7.90. The Labute approximate surface area is 146 Å². The average Bonchev–Trinajstić information content (AvgIpc) is 2.49. The van der Waals surface area contributed by atoms with Gasteiger partial charge in [-0.3, -0.25) is 0 Å². The second kappa shape index (κ2) is 7.32. The van der Waals surface area contributed by atoms with E-state index in [1.807, 2.05) is 0 Å². The lowest BCUT2D eigenvalue weighted by atomic mass is 9.88. The largest absolute Gasteiger partial charge is 0.490 e. The Hall–Kier alpha value is -1.26. The first kappa shape index (κ1) is 19.1. The summed E-state index contributed by atoms with van der Waals surface area (Å²) in [6, 6.07) is 0.356. The molecule has 136 valence electrons. The molecule has 0 aliphatic carbocycles. The SMILES string of the molecule is Cc1c(C)c2c(c(C)c1OCC(O)CNC(C)C)CCC(C)(C)O2. The van der Waals surface area contributed by atoms with Gasteiger partial charge in [0.25, 0.3) is 0 Å². The molecule has 2 rings (SSSR count). The number of hydrogen-bond acceptors (Lipinski definition) is 4. The minimum atomic E-state index is -0.516. The summed E-state index contributed by atoms with van der Waals surface area (Å²) in [7, 11) is 0. The molecule has 4 nitrogen and oxygen atoms in total. The lowest BCUT2D eigenvalue weighted by molar-refractivity contribution is 0.0822. The van der Waals surface area contributed by atoms with Gasteiger partial charge in [-0.15, -0.1) is 0 Å². The molecule has 2 N–H and O–H groups in total. The van der Waals surface area contributed by atoms with Crippen LogP contribution in [0.15, 0.2) is 0 Å². The molecule has 0 bridgehead atoms. The summed E-state index contributed by atoms with van der Waals surface area (Å²) in [5, 5.41) is 13.3. The van der Waals surface area contributed by atoms with Gasteiger partial charge in [-0.05, 0) is 64.2 Å². The van der Waals surface area contributed by atoms with Crippen LogP contribution in [-0.2, 0) is 6.42 Å². The molecule has 1 atom stereocenters. The summed E-state index contributed by atoms with van der Waals surface area (Å²) in [6.45, 7) is 15.5. The molecule has 0 spiro atoms. The number of benzene rings is 1. The van der Waals surface area contributed by atoms with Crippen molar-refractivity contribution >= 4 is 0 Å². The van der Waals surface area contributed by atoms with Gasteiger partial charge >= 0.3 is 0 Å². The Kier molecular flexibility index (Phi) is 5.82. The zero-order valence-corrected chi connectivity index (χ0v) is 16.2. The van der Waals surface area contributed by atoms with Crippen molar-refractivity contribution in [1.82, 2.24) is 5.32 Å². The normalized spacial score (nSPS) is 17.4. The maximum absolute atomic E-state index is 10.1. The minimum absolute atomic E-state index is 0.113. The van der Waals surface area contributed by atoms with Gasteiger partial charge in [-0.25, -0.2) is 0 Å². The molecule has 4 heteroatoms. The Bertz CT molecular complexity index is 593. The van der Waals surface area contributed by atoms with Crippen LogP contribution < -0.4 is 14.8 Å². The van der Waals surface area contributed by atoms with Crippen LogP contribution in [0, 0.1) is 20.8 Å². The van der Waals surface area contributed by atoms with E-state index in [0.717, 1.165) is 41.0 Å². The van der Waals surface area contributed by atoms with Crippen molar-refractivity contribution < 1.29 is 14.6 Å². The smallest absolute Gasteiger partial charge is 0.127 e. The molecule has 0 radical (unpaired) electrons. The van der Waals surface area contributed by atoms with Crippen molar-refractivity contribution in [2.75, 3.05) is 13.2 Å². The van der Waals surface area contributed by atoms with E-state index in [1.54, 1.807) is 0 Å². The molecule has 0 aromatic heterocycles. The van der Waals surface area contributed by atoms with Crippen LogP contribution in [0.1, 0.15) is 56.4 Å². The van der Waals surface area contributed by atoms with Gasteiger partial charge in [0.15, 0.2) is 0 Å². The number of rotatable bonds is 6. The molecule has 1 aliphatic rings. The molecular formula is C20H33NO3. The van der Waals surface area contributed by atoms with E-state index in [2.05, 4.69) is 53.8 Å². The van der Waals surface area contributed by atoms with Crippen LogP contribution in [-0.4, -0.2) is 36.0 Å². The molecule has 0 saturated carbocycles. The lowest BCUT2D eigenvalue weighted by Crippen LogP contribution is -2.35. The first-order valence-corrected chi connectivity index (χ1v) is 8.98. The van der Waals surface area contributed by atoms with E-state index in [0.29, 0.717) is 19.2 Å². The third-order valence-electron chi connectivity index (χ3n) is 4.85. The topological polar surface area (TPSA) is 50.7 Å². The number of aliphatic hydroxyl groups excluding tert-OH is 1.